The summed E-state index contributed by atoms with van der Waals surface area (Å²) >= 11 is 0. The average Bonchev–Trinajstić information content (AvgIpc) is 2.99. The van der Waals surface area contributed by atoms with Crippen molar-refractivity contribution in [3.8, 4) is 11.1 Å². The van der Waals surface area contributed by atoms with E-state index in [1.807, 2.05) is 19.1 Å². The molecule has 0 unspecified atom stereocenters. The normalized spacial score (nSPS) is 10.5. The molecule has 0 saturated heterocycles. The summed E-state index contributed by atoms with van der Waals surface area (Å²) in [4.78, 5) is 40.3. The van der Waals surface area contributed by atoms with Crippen LogP contribution in [0.3, 0.4) is 0 Å². The number of methoxy groups -OCH3 is 1. The van der Waals surface area contributed by atoms with Gasteiger partial charge in [-0.2, -0.15) is 0 Å². The van der Waals surface area contributed by atoms with Crippen LogP contribution in [0.15, 0.2) is 24.3 Å². The molecule has 1 aromatic heterocycles. The van der Waals surface area contributed by atoms with Crippen molar-refractivity contribution >= 4 is 17.7 Å². The third kappa shape index (κ3) is 4.62. The first-order valence-corrected chi connectivity index (χ1v) is 8.68. The van der Waals surface area contributed by atoms with Gasteiger partial charge in [-0.25, -0.2) is 4.79 Å². The molecule has 0 fully saturated rings. The fourth-order valence-electron chi connectivity index (χ4n) is 2.72. The van der Waals surface area contributed by atoms with Crippen molar-refractivity contribution in [1.29, 1.82) is 0 Å². The van der Waals surface area contributed by atoms with E-state index in [1.165, 1.54) is 7.11 Å². The molecule has 1 aromatic carbocycles. The second-order valence-electron chi connectivity index (χ2n) is 6.04. The Morgan fingerprint density at radius 3 is 2.37 bits per heavy atom. The lowest BCUT2D eigenvalue weighted by molar-refractivity contribution is -0.117. The number of ketones is 1. The summed E-state index contributed by atoms with van der Waals surface area (Å²) in [6.07, 6.45) is 0. The lowest BCUT2D eigenvalue weighted by atomic mass is 9.97. The number of amides is 1. The Morgan fingerprint density at radius 2 is 1.78 bits per heavy atom. The highest BCUT2D eigenvalue weighted by molar-refractivity contribution is 6.43. The summed E-state index contributed by atoms with van der Waals surface area (Å²) in [5, 5.41) is 2.50. The Balaban J connectivity index is 2.52. The maximum atomic E-state index is 12.7. The zero-order chi connectivity index (χ0) is 20.0. The molecule has 2 N–H and O–H groups in total. The van der Waals surface area contributed by atoms with Gasteiger partial charge in [-0.3, -0.25) is 9.59 Å². The lowest BCUT2D eigenvalue weighted by Crippen LogP contribution is -2.33. The minimum atomic E-state index is -0.767. The molecule has 0 aliphatic heterocycles. The molecule has 0 bridgehead atoms. The van der Waals surface area contributed by atoms with Crippen LogP contribution < -0.4 is 5.32 Å². The Labute approximate surface area is 158 Å². The van der Waals surface area contributed by atoms with Gasteiger partial charge < -0.3 is 19.8 Å². The van der Waals surface area contributed by atoms with Crippen molar-refractivity contribution in [1.82, 2.24) is 10.3 Å². The van der Waals surface area contributed by atoms with Gasteiger partial charge in [0.15, 0.2) is 0 Å². The standard InChI is InChI=1S/C20H24N2O5/c1-5-27-20(25)15-13(3)22-17(18(23)19(24)21-10-11-26-4)16(15)14-8-6-12(2)7-9-14/h6-9,22H,5,10-11H2,1-4H3,(H,21,24). The van der Waals surface area contributed by atoms with Gasteiger partial charge in [0.2, 0.25) is 0 Å². The van der Waals surface area contributed by atoms with E-state index >= 15 is 0 Å². The number of nitrogens with one attached hydrogen (secondary N) is 2. The summed E-state index contributed by atoms with van der Waals surface area (Å²) in [5.41, 5.74) is 2.85. The lowest BCUT2D eigenvalue weighted by Gasteiger charge is -2.08. The van der Waals surface area contributed by atoms with Gasteiger partial charge in [0.05, 0.1) is 18.8 Å². The summed E-state index contributed by atoms with van der Waals surface area (Å²) in [6.45, 7) is 6.03. The van der Waals surface area contributed by atoms with E-state index in [4.69, 9.17) is 9.47 Å². The molecule has 1 heterocycles. The van der Waals surface area contributed by atoms with Gasteiger partial charge in [0, 0.05) is 24.9 Å². The van der Waals surface area contributed by atoms with Crippen LogP contribution in [0.1, 0.15) is 39.0 Å². The van der Waals surface area contributed by atoms with Gasteiger partial charge in [-0.05, 0) is 26.3 Å². The Kier molecular flexibility index (Phi) is 6.90. The summed E-state index contributed by atoms with van der Waals surface area (Å²) in [5.74, 6) is -2.06. The zero-order valence-electron chi connectivity index (χ0n) is 16.0. The first-order valence-electron chi connectivity index (χ1n) is 8.68. The highest BCUT2D eigenvalue weighted by Gasteiger charge is 2.29. The smallest absolute Gasteiger partial charge is 0.340 e. The number of rotatable bonds is 8. The number of hydrogen-bond acceptors (Lipinski definition) is 5. The first kappa shape index (κ1) is 20.4. The third-order valence-corrected chi connectivity index (χ3v) is 4.03. The van der Waals surface area contributed by atoms with E-state index in [2.05, 4.69) is 10.3 Å². The third-order valence-electron chi connectivity index (χ3n) is 4.03. The topological polar surface area (TPSA) is 97.5 Å². The summed E-state index contributed by atoms with van der Waals surface area (Å²) < 4.78 is 10.0. The van der Waals surface area contributed by atoms with E-state index in [1.54, 1.807) is 26.0 Å². The largest absolute Gasteiger partial charge is 0.462 e. The Bertz CT molecular complexity index is 837. The highest BCUT2D eigenvalue weighted by Crippen LogP contribution is 2.31. The predicted octanol–water partition coefficient (Wildman–Crippen LogP) is 2.42. The molecule has 7 heteroatoms. The minimum absolute atomic E-state index is 0.0642. The molecule has 0 aliphatic carbocycles. The molecular weight excluding hydrogens is 348 g/mol. The van der Waals surface area contributed by atoms with Crippen LogP contribution in [0.5, 0.6) is 0 Å². The predicted molar refractivity (Wildman–Crippen MR) is 101 cm³/mol. The molecule has 7 nitrogen and oxygen atoms in total. The molecule has 2 aromatic rings. The highest BCUT2D eigenvalue weighted by atomic mass is 16.5. The maximum absolute atomic E-state index is 12.7. The second-order valence-corrected chi connectivity index (χ2v) is 6.04. The van der Waals surface area contributed by atoms with Gasteiger partial charge in [0.1, 0.15) is 5.69 Å². The number of Topliss-reactive ketones (excluding diaryl/α,β-unsaturated/α-hetero) is 1. The number of aromatic nitrogens is 1. The Hall–Kier alpha value is -2.93. The quantitative estimate of drug-likeness (QED) is 0.321. The van der Waals surface area contributed by atoms with Crippen LogP contribution >= 0.6 is 0 Å². The van der Waals surface area contributed by atoms with Crippen molar-refractivity contribution in [2.75, 3.05) is 26.9 Å². The molecular formula is C20H24N2O5. The Morgan fingerprint density at radius 1 is 1.11 bits per heavy atom. The van der Waals surface area contributed by atoms with Crippen molar-refractivity contribution in [3.63, 3.8) is 0 Å². The van der Waals surface area contributed by atoms with Gasteiger partial charge in [-0.15, -0.1) is 0 Å². The van der Waals surface area contributed by atoms with Gasteiger partial charge >= 0.3 is 5.97 Å². The number of ether oxygens (including phenoxy) is 2. The number of benzene rings is 1. The molecule has 0 radical (unpaired) electrons. The van der Waals surface area contributed by atoms with Crippen LogP contribution in [0, 0.1) is 13.8 Å². The minimum Gasteiger partial charge on any atom is -0.462 e. The van der Waals surface area contributed by atoms with E-state index in [9.17, 15) is 14.4 Å². The van der Waals surface area contributed by atoms with Crippen LogP contribution in [0.2, 0.25) is 0 Å². The van der Waals surface area contributed by atoms with Crippen molar-refractivity contribution in [3.05, 3.63) is 46.8 Å². The molecule has 144 valence electrons. The van der Waals surface area contributed by atoms with Crippen LogP contribution in [-0.4, -0.2) is 49.5 Å². The van der Waals surface area contributed by atoms with Crippen LogP contribution in [0.25, 0.3) is 11.1 Å². The van der Waals surface area contributed by atoms with Crippen LogP contribution in [0.4, 0.5) is 0 Å². The molecule has 27 heavy (non-hydrogen) atoms. The van der Waals surface area contributed by atoms with Gasteiger partial charge in [0.25, 0.3) is 11.7 Å². The van der Waals surface area contributed by atoms with E-state index in [0.717, 1.165) is 5.56 Å². The number of carbonyl (C=O) groups is 3. The van der Waals surface area contributed by atoms with E-state index < -0.39 is 17.7 Å². The number of esters is 1. The molecule has 1 amide bonds. The fourth-order valence-corrected chi connectivity index (χ4v) is 2.72. The molecule has 2 rings (SSSR count). The SMILES string of the molecule is CCOC(=O)c1c(C)[nH]c(C(=O)C(=O)NCCOC)c1-c1ccc(C)cc1. The molecule has 0 saturated carbocycles. The molecule has 0 atom stereocenters. The zero-order valence-corrected chi connectivity index (χ0v) is 16.0. The average molecular weight is 372 g/mol. The van der Waals surface area contributed by atoms with E-state index in [-0.39, 0.29) is 24.4 Å². The van der Waals surface area contributed by atoms with Crippen LogP contribution in [-0.2, 0) is 14.3 Å². The number of H-pyrrole nitrogens is 1. The van der Waals surface area contributed by atoms with Crippen molar-refractivity contribution in [2.45, 2.75) is 20.8 Å². The monoisotopic (exact) mass is 372 g/mol. The fraction of sp³-hybridized carbons (Fsp3) is 0.350. The van der Waals surface area contributed by atoms with Crippen molar-refractivity contribution < 1.29 is 23.9 Å². The molecule has 0 spiro atoms. The number of carbonyl (C=O) groups excluding carboxylic acids is 3. The van der Waals surface area contributed by atoms with E-state index in [0.29, 0.717) is 23.4 Å². The van der Waals surface area contributed by atoms with Gasteiger partial charge in [-0.1, -0.05) is 29.8 Å². The van der Waals surface area contributed by atoms with Crippen molar-refractivity contribution in [2.24, 2.45) is 0 Å². The summed E-state index contributed by atoms with van der Waals surface area (Å²) in [7, 11) is 1.50. The summed E-state index contributed by atoms with van der Waals surface area (Å²) in [6, 6.07) is 7.36. The first-order chi connectivity index (χ1) is 12.9. The second kappa shape index (κ2) is 9.14. The number of aromatic amines is 1. The maximum Gasteiger partial charge on any atom is 0.340 e. The number of aryl methyl sites for hydroxylation is 2. The molecule has 0 aliphatic rings. The number of hydrogen-bond donors (Lipinski definition) is 2.